The first-order valence-corrected chi connectivity index (χ1v) is 27.8. The lowest BCUT2D eigenvalue weighted by molar-refractivity contribution is -0.167. The van der Waals surface area contributed by atoms with Gasteiger partial charge in [-0.1, -0.05) is 255 Å². The molecule has 0 aliphatic carbocycles. The molecule has 0 saturated carbocycles. The van der Waals surface area contributed by atoms with E-state index in [9.17, 15) is 14.4 Å². The Kier molecular flexibility index (Phi) is 51.3. The molecule has 65 heavy (non-hydrogen) atoms. The van der Waals surface area contributed by atoms with Gasteiger partial charge in [0.1, 0.15) is 13.2 Å². The van der Waals surface area contributed by atoms with Gasteiger partial charge in [-0.3, -0.25) is 14.4 Å². The van der Waals surface area contributed by atoms with Crippen LogP contribution in [0.15, 0.2) is 60.8 Å². The molecule has 0 amide bonds. The first kappa shape index (κ1) is 62.1. The zero-order valence-corrected chi connectivity index (χ0v) is 43.0. The highest BCUT2D eigenvalue weighted by Gasteiger charge is 2.19. The number of carbonyl (C=O) groups excluding carboxylic acids is 3. The largest absolute Gasteiger partial charge is 0.462 e. The van der Waals surface area contributed by atoms with Crippen molar-refractivity contribution >= 4 is 17.9 Å². The predicted molar refractivity (Wildman–Crippen MR) is 279 cm³/mol. The van der Waals surface area contributed by atoms with Crippen LogP contribution in [0.5, 0.6) is 0 Å². The summed E-state index contributed by atoms with van der Waals surface area (Å²) in [6, 6.07) is 0. The minimum absolute atomic E-state index is 0.0870. The minimum atomic E-state index is -0.790. The van der Waals surface area contributed by atoms with Gasteiger partial charge in [0, 0.05) is 19.3 Å². The van der Waals surface area contributed by atoms with Crippen molar-refractivity contribution in [2.45, 2.75) is 284 Å². The smallest absolute Gasteiger partial charge is 0.306 e. The van der Waals surface area contributed by atoms with Crippen molar-refractivity contribution in [1.29, 1.82) is 0 Å². The van der Waals surface area contributed by atoms with Gasteiger partial charge in [0.2, 0.25) is 0 Å². The second-order valence-electron chi connectivity index (χ2n) is 18.6. The monoisotopic (exact) mass is 909 g/mol. The van der Waals surface area contributed by atoms with Crippen molar-refractivity contribution in [2.75, 3.05) is 13.2 Å². The van der Waals surface area contributed by atoms with Crippen LogP contribution in [-0.2, 0) is 28.6 Å². The average molecular weight is 909 g/mol. The van der Waals surface area contributed by atoms with E-state index >= 15 is 0 Å². The molecule has 0 aliphatic rings. The Hall–Kier alpha value is -2.89. The third kappa shape index (κ3) is 51.9. The summed E-state index contributed by atoms with van der Waals surface area (Å²) in [5.41, 5.74) is 0. The molecule has 0 aromatic carbocycles. The van der Waals surface area contributed by atoms with Gasteiger partial charge < -0.3 is 14.2 Å². The zero-order chi connectivity index (χ0) is 47.2. The van der Waals surface area contributed by atoms with Gasteiger partial charge in [-0.2, -0.15) is 0 Å². The summed E-state index contributed by atoms with van der Waals surface area (Å²) in [7, 11) is 0. The lowest BCUT2D eigenvalue weighted by Gasteiger charge is -2.18. The van der Waals surface area contributed by atoms with Crippen molar-refractivity contribution < 1.29 is 28.6 Å². The van der Waals surface area contributed by atoms with Crippen molar-refractivity contribution in [2.24, 2.45) is 0 Å². The average Bonchev–Trinajstić information content (AvgIpc) is 3.30. The Morgan fingerprint density at radius 3 is 1.00 bits per heavy atom. The molecular weight excluding hydrogens is 805 g/mol. The van der Waals surface area contributed by atoms with Crippen LogP contribution in [0.25, 0.3) is 0 Å². The molecule has 1 atom stereocenters. The molecule has 0 spiro atoms. The first-order chi connectivity index (χ1) is 32.0. The molecule has 1 unspecified atom stereocenters. The number of esters is 3. The van der Waals surface area contributed by atoms with Crippen LogP contribution in [0.3, 0.4) is 0 Å². The van der Waals surface area contributed by atoms with Crippen molar-refractivity contribution in [3.63, 3.8) is 0 Å². The summed E-state index contributed by atoms with van der Waals surface area (Å²) in [5.74, 6) is -0.921. The Balaban J connectivity index is 4.39. The highest BCUT2D eigenvalue weighted by molar-refractivity contribution is 5.71. The summed E-state index contributed by atoms with van der Waals surface area (Å²) in [6.07, 6.45) is 66.4. The molecule has 0 aliphatic heterocycles. The summed E-state index contributed by atoms with van der Waals surface area (Å²) < 4.78 is 16.8. The molecule has 0 aromatic heterocycles. The maximum atomic E-state index is 12.8. The molecule has 0 radical (unpaired) electrons. The number of hydrogen-bond donors (Lipinski definition) is 0. The number of unbranched alkanes of at least 4 members (excludes halogenated alkanes) is 32. The third-order valence-corrected chi connectivity index (χ3v) is 12.1. The van der Waals surface area contributed by atoms with E-state index < -0.39 is 6.10 Å². The number of ether oxygens (including phenoxy) is 3. The lowest BCUT2D eigenvalue weighted by atomic mass is 10.0. The number of rotatable bonds is 50. The summed E-state index contributed by atoms with van der Waals surface area (Å²) in [5, 5.41) is 0. The van der Waals surface area contributed by atoms with Crippen molar-refractivity contribution in [1.82, 2.24) is 0 Å². The van der Waals surface area contributed by atoms with Crippen LogP contribution in [0, 0.1) is 0 Å². The Morgan fingerprint density at radius 1 is 0.323 bits per heavy atom. The molecule has 0 aromatic rings. The summed E-state index contributed by atoms with van der Waals surface area (Å²) in [4.78, 5) is 38.1. The van der Waals surface area contributed by atoms with Crippen LogP contribution in [0.4, 0.5) is 0 Å². The van der Waals surface area contributed by atoms with Crippen LogP contribution < -0.4 is 0 Å². The highest BCUT2D eigenvalue weighted by atomic mass is 16.6. The molecule has 376 valence electrons. The second kappa shape index (κ2) is 53.7. The normalized spacial score (nSPS) is 12.5. The highest BCUT2D eigenvalue weighted by Crippen LogP contribution is 2.16. The Labute approximate surface area is 402 Å². The Bertz CT molecular complexity index is 1180. The molecule has 6 heteroatoms. The minimum Gasteiger partial charge on any atom is -0.462 e. The summed E-state index contributed by atoms with van der Waals surface area (Å²) >= 11 is 0. The molecule has 0 fully saturated rings. The molecule has 0 saturated heterocycles. The second-order valence-corrected chi connectivity index (χ2v) is 18.6. The van der Waals surface area contributed by atoms with Crippen LogP contribution in [0.2, 0.25) is 0 Å². The van der Waals surface area contributed by atoms with Crippen LogP contribution >= 0.6 is 0 Å². The molecule has 0 heterocycles. The van der Waals surface area contributed by atoms with E-state index in [-0.39, 0.29) is 31.1 Å². The van der Waals surface area contributed by atoms with E-state index in [1.807, 2.05) is 30.4 Å². The fourth-order valence-corrected chi connectivity index (χ4v) is 7.92. The lowest BCUT2D eigenvalue weighted by Crippen LogP contribution is -2.30. The van der Waals surface area contributed by atoms with Gasteiger partial charge in [0.25, 0.3) is 0 Å². The number of hydrogen-bond acceptors (Lipinski definition) is 6. The van der Waals surface area contributed by atoms with E-state index in [1.165, 1.54) is 167 Å². The van der Waals surface area contributed by atoms with Gasteiger partial charge in [-0.05, 0) is 64.2 Å². The fraction of sp³-hybridized carbons (Fsp3) is 0.780. The third-order valence-electron chi connectivity index (χ3n) is 12.1. The van der Waals surface area contributed by atoms with Crippen LogP contribution in [0.1, 0.15) is 278 Å². The topological polar surface area (TPSA) is 78.9 Å². The number of carbonyl (C=O) groups is 3. The van der Waals surface area contributed by atoms with Gasteiger partial charge in [-0.25, -0.2) is 0 Å². The van der Waals surface area contributed by atoms with Crippen LogP contribution in [-0.4, -0.2) is 37.2 Å². The van der Waals surface area contributed by atoms with Crippen molar-refractivity contribution in [3.05, 3.63) is 60.8 Å². The summed E-state index contributed by atoms with van der Waals surface area (Å²) in [6.45, 7) is 6.48. The van der Waals surface area contributed by atoms with Gasteiger partial charge >= 0.3 is 17.9 Å². The van der Waals surface area contributed by atoms with Gasteiger partial charge in [0.15, 0.2) is 6.10 Å². The van der Waals surface area contributed by atoms with E-state index in [2.05, 4.69) is 51.2 Å². The predicted octanol–water partition coefficient (Wildman–Crippen LogP) is 18.4. The number of allylic oxidation sites excluding steroid dienone is 10. The zero-order valence-electron chi connectivity index (χ0n) is 43.0. The first-order valence-electron chi connectivity index (χ1n) is 27.8. The van der Waals surface area contributed by atoms with Crippen molar-refractivity contribution in [3.8, 4) is 0 Å². The maximum Gasteiger partial charge on any atom is 0.306 e. The Morgan fingerprint density at radius 2 is 0.615 bits per heavy atom. The van der Waals surface area contributed by atoms with E-state index in [0.29, 0.717) is 19.3 Å². The molecule has 0 N–H and O–H groups in total. The molecule has 0 rings (SSSR count). The van der Waals surface area contributed by atoms with E-state index in [1.54, 1.807) is 0 Å². The fourth-order valence-electron chi connectivity index (χ4n) is 7.92. The van der Waals surface area contributed by atoms with Gasteiger partial charge in [-0.15, -0.1) is 0 Å². The van der Waals surface area contributed by atoms with E-state index in [0.717, 1.165) is 70.6 Å². The van der Waals surface area contributed by atoms with E-state index in [4.69, 9.17) is 14.2 Å². The maximum absolute atomic E-state index is 12.8. The molecular formula is C59H104O6. The van der Waals surface area contributed by atoms with Gasteiger partial charge in [0.05, 0.1) is 0 Å². The SMILES string of the molecule is CC\C=C/C=C\C=C/C=C\CCCCCC(=O)OCC(COC(=O)CCCCCCCCC/C=C\CCCCCCCC)OC(=O)CCCCCCCCCCCCCCCCCCC. The standard InChI is InChI=1S/C59H104O6/c1-4-7-10-13-16-19-22-25-27-29-31-34-37-40-43-46-49-52-58(61)64-55-56(54-63-57(60)51-48-45-42-39-36-33-24-21-18-15-12-9-6-3)65-59(62)53-50-47-44-41-38-35-32-30-28-26-23-20-17-14-11-8-5-2/h9,12,15,18,21,24-25,27,33,36,56H,4-8,10-11,13-14,16-17,19-20,22-23,26,28-32,34-35,37-55H2,1-3H3/b12-9-,18-15-,24-21-,27-25-,36-33-. The quantitative estimate of drug-likeness (QED) is 0.0199. The molecule has 0 bridgehead atoms. The molecule has 6 nitrogen and oxygen atoms in total.